The molecule has 0 saturated heterocycles. The number of methoxy groups -OCH3 is 1. The lowest BCUT2D eigenvalue weighted by Crippen LogP contribution is -2.25. The van der Waals surface area contributed by atoms with Crippen LogP contribution >= 0.6 is 23.4 Å². The zero-order chi connectivity index (χ0) is 17.8. The molecule has 4 nitrogen and oxygen atoms in total. The summed E-state index contributed by atoms with van der Waals surface area (Å²) in [4.78, 5) is 6.97. The third-order valence-corrected chi connectivity index (χ3v) is 5.33. The summed E-state index contributed by atoms with van der Waals surface area (Å²) in [6.45, 7) is 2.24. The molecule has 6 heteroatoms. The van der Waals surface area contributed by atoms with Gasteiger partial charge in [0.15, 0.2) is 6.79 Å². The van der Waals surface area contributed by atoms with Crippen molar-refractivity contribution in [3.05, 3.63) is 41.4 Å². The van der Waals surface area contributed by atoms with Gasteiger partial charge in [-0.1, -0.05) is 23.4 Å². The van der Waals surface area contributed by atoms with Crippen molar-refractivity contribution in [1.29, 1.82) is 0 Å². The predicted octanol–water partition coefficient (Wildman–Crippen LogP) is 4.88. The monoisotopic (exact) mass is 378 g/mol. The summed E-state index contributed by atoms with van der Waals surface area (Å²) < 4.78 is 10.6. The molecular formula is C19H23ClN2O2S. The van der Waals surface area contributed by atoms with E-state index in [0.717, 1.165) is 30.3 Å². The molecule has 0 aromatic heterocycles. The molecule has 0 spiro atoms. The minimum absolute atomic E-state index is 0.252. The number of hydrogen-bond acceptors (Lipinski definition) is 5. The topological polar surface area (TPSA) is 24.9 Å². The second kappa shape index (κ2) is 8.32. The van der Waals surface area contributed by atoms with E-state index in [1.807, 2.05) is 12.1 Å². The summed E-state index contributed by atoms with van der Waals surface area (Å²) in [6.07, 6.45) is 1.07. The van der Waals surface area contributed by atoms with Crippen molar-refractivity contribution in [2.24, 2.45) is 0 Å². The van der Waals surface area contributed by atoms with Crippen LogP contribution in [0.5, 0.6) is 5.75 Å². The zero-order valence-electron chi connectivity index (χ0n) is 14.8. The SMILES string of the molecule is COCOc1ccc2c(c1)Sc1ccc(Cl)cc1N2CCCN(C)C. The first kappa shape index (κ1) is 18.4. The molecule has 0 aliphatic carbocycles. The lowest BCUT2D eigenvalue weighted by atomic mass is 10.2. The smallest absolute Gasteiger partial charge is 0.188 e. The van der Waals surface area contributed by atoms with Crippen LogP contribution in [0.25, 0.3) is 0 Å². The molecule has 134 valence electrons. The quantitative estimate of drug-likeness (QED) is 0.639. The molecular weight excluding hydrogens is 356 g/mol. The molecule has 0 fully saturated rings. The van der Waals surface area contributed by atoms with Crippen LogP contribution in [0.15, 0.2) is 46.2 Å². The maximum absolute atomic E-state index is 6.26. The molecule has 2 aromatic carbocycles. The Morgan fingerprint density at radius 3 is 2.68 bits per heavy atom. The summed E-state index contributed by atoms with van der Waals surface area (Å²) in [7, 11) is 5.83. The highest BCUT2D eigenvalue weighted by molar-refractivity contribution is 7.99. The van der Waals surface area contributed by atoms with Crippen molar-refractivity contribution in [1.82, 2.24) is 4.90 Å². The van der Waals surface area contributed by atoms with Gasteiger partial charge >= 0.3 is 0 Å². The molecule has 0 radical (unpaired) electrons. The molecule has 0 bridgehead atoms. The number of anilines is 2. The Bertz CT molecular complexity index is 739. The van der Waals surface area contributed by atoms with Gasteiger partial charge in [0.1, 0.15) is 5.75 Å². The number of ether oxygens (including phenoxy) is 2. The molecule has 0 saturated carbocycles. The summed E-state index contributed by atoms with van der Waals surface area (Å²) >= 11 is 8.01. The Labute approximate surface area is 158 Å². The molecule has 2 aromatic rings. The van der Waals surface area contributed by atoms with Crippen molar-refractivity contribution in [2.45, 2.75) is 16.2 Å². The number of nitrogens with zero attached hydrogens (tertiary/aromatic N) is 2. The first-order valence-electron chi connectivity index (χ1n) is 8.24. The number of benzene rings is 2. The Morgan fingerprint density at radius 2 is 1.92 bits per heavy atom. The van der Waals surface area contributed by atoms with Gasteiger partial charge < -0.3 is 19.3 Å². The molecule has 1 heterocycles. The van der Waals surface area contributed by atoms with Crippen molar-refractivity contribution in [3.63, 3.8) is 0 Å². The van der Waals surface area contributed by atoms with Gasteiger partial charge in [-0.15, -0.1) is 0 Å². The van der Waals surface area contributed by atoms with Gasteiger partial charge in [0.05, 0.1) is 11.4 Å². The predicted molar refractivity (Wildman–Crippen MR) is 105 cm³/mol. The fourth-order valence-corrected chi connectivity index (χ4v) is 4.11. The van der Waals surface area contributed by atoms with Gasteiger partial charge in [-0.25, -0.2) is 0 Å². The minimum atomic E-state index is 0.252. The van der Waals surface area contributed by atoms with E-state index in [0.29, 0.717) is 0 Å². The van der Waals surface area contributed by atoms with E-state index >= 15 is 0 Å². The Hall–Kier alpha value is -1.40. The number of hydrogen-bond donors (Lipinski definition) is 0. The van der Waals surface area contributed by atoms with Crippen LogP contribution in [-0.4, -0.2) is 46.0 Å². The molecule has 25 heavy (non-hydrogen) atoms. The lowest BCUT2D eigenvalue weighted by Gasteiger charge is -2.33. The fourth-order valence-electron chi connectivity index (χ4n) is 2.84. The third kappa shape index (κ3) is 4.42. The van der Waals surface area contributed by atoms with Crippen LogP contribution in [-0.2, 0) is 4.74 Å². The lowest BCUT2D eigenvalue weighted by molar-refractivity contribution is 0.0510. The highest BCUT2D eigenvalue weighted by atomic mass is 35.5. The van der Waals surface area contributed by atoms with Gasteiger partial charge in [0.25, 0.3) is 0 Å². The minimum Gasteiger partial charge on any atom is -0.468 e. The van der Waals surface area contributed by atoms with Crippen molar-refractivity contribution in [3.8, 4) is 5.75 Å². The Balaban J connectivity index is 1.91. The highest BCUT2D eigenvalue weighted by Crippen LogP contribution is 2.49. The normalized spacial score (nSPS) is 12.9. The van der Waals surface area contributed by atoms with Crippen LogP contribution in [0.1, 0.15) is 6.42 Å². The van der Waals surface area contributed by atoms with E-state index in [1.165, 1.54) is 21.2 Å². The largest absolute Gasteiger partial charge is 0.468 e. The van der Waals surface area contributed by atoms with Crippen LogP contribution in [0, 0.1) is 0 Å². The first-order chi connectivity index (χ1) is 12.1. The van der Waals surface area contributed by atoms with Crippen molar-refractivity contribution < 1.29 is 9.47 Å². The van der Waals surface area contributed by atoms with Crippen molar-refractivity contribution >= 4 is 34.7 Å². The molecule has 3 rings (SSSR count). The van der Waals surface area contributed by atoms with E-state index in [2.05, 4.69) is 48.2 Å². The average Bonchev–Trinajstić information content (AvgIpc) is 2.59. The average molecular weight is 379 g/mol. The number of rotatable bonds is 7. The first-order valence-corrected chi connectivity index (χ1v) is 9.43. The van der Waals surface area contributed by atoms with E-state index in [9.17, 15) is 0 Å². The van der Waals surface area contributed by atoms with E-state index < -0.39 is 0 Å². The Kier molecular flexibility index (Phi) is 6.12. The van der Waals surface area contributed by atoms with Crippen LogP contribution in [0.4, 0.5) is 11.4 Å². The molecule has 1 aliphatic rings. The van der Waals surface area contributed by atoms with Crippen molar-refractivity contribution in [2.75, 3.05) is 46.0 Å². The van der Waals surface area contributed by atoms with Gasteiger partial charge in [0.2, 0.25) is 0 Å². The van der Waals surface area contributed by atoms with Gasteiger partial charge in [0, 0.05) is 28.5 Å². The van der Waals surface area contributed by atoms with Gasteiger partial charge in [-0.05, 0) is 63.5 Å². The van der Waals surface area contributed by atoms with E-state index in [1.54, 1.807) is 18.9 Å². The van der Waals surface area contributed by atoms with Crippen LogP contribution < -0.4 is 9.64 Å². The summed E-state index contributed by atoms with van der Waals surface area (Å²) in [5, 5.41) is 0.764. The molecule has 0 amide bonds. The van der Waals surface area contributed by atoms with E-state index in [-0.39, 0.29) is 6.79 Å². The summed E-state index contributed by atoms with van der Waals surface area (Å²) in [6, 6.07) is 12.3. The van der Waals surface area contributed by atoms with Gasteiger partial charge in [-0.3, -0.25) is 0 Å². The van der Waals surface area contributed by atoms with Gasteiger partial charge in [-0.2, -0.15) is 0 Å². The highest BCUT2D eigenvalue weighted by Gasteiger charge is 2.24. The maximum Gasteiger partial charge on any atom is 0.188 e. The number of halogens is 1. The molecule has 0 unspecified atom stereocenters. The maximum atomic E-state index is 6.26. The second-order valence-electron chi connectivity index (χ2n) is 6.20. The summed E-state index contributed by atoms with van der Waals surface area (Å²) in [5.41, 5.74) is 2.37. The fraction of sp³-hybridized carbons (Fsp3) is 0.368. The zero-order valence-corrected chi connectivity index (χ0v) is 16.4. The van der Waals surface area contributed by atoms with Crippen LogP contribution in [0.2, 0.25) is 5.02 Å². The van der Waals surface area contributed by atoms with Crippen LogP contribution in [0.3, 0.4) is 0 Å². The Morgan fingerprint density at radius 1 is 1.08 bits per heavy atom. The standard InChI is InChI=1S/C19H23ClN2O2S/c1-21(2)9-4-10-22-16-7-6-15(24-13-23-3)12-19(16)25-18-8-5-14(20)11-17(18)22/h5-8,11-12H,4,9-10,13H2,1-3H3. The van der Waals surface area contributed by atoms with E-state index in [4.69, 9.17) is 21.1 Å². The number of fused-ring (bicyclic) bond motifs is 2. The third-order valence-electron chi connectivity index (χ3n) is 3.98. The molecule has 0 N–H and O–H groups in total. The molecule has 0 atom stereocenters. The summed E-state index contributed by atoms with van der Waals surface area (Å²) in [5.74, 6) is 0.818. The molecule has 1 aliphatic heterocycles. The second-order valence-corrected chi connectivity index (χ2v) is 7.72.